The number of hydrogen-bond donors (Lipinski definition) is 0. The minimum Gasteiger partial charge on any atom is -0.464 e. The second-order valence-electron chi connectivity index (χ2n) is 10.3. The predicted octanol–water partition coefficient (Wildman–Crippen LogP) is 9.22. The van der Waals surface area contributed by atoms with E-state index in [1.807, 2.05) is 93.6 Å². The van der Waals surface area contributed by atoms with Gasteiger partial charge in [0.2, 0.25) is 0 Å². The number of hydrogen-bond acceptors (Lipinski definition) is 3. The van der Waals surface area contributed by atoms with Crippen LogP contribution in [0.5, 0.6) is 0 Å². The summed E-state index contributed by atoms with van der Waals surface area (Å²) in [4.78, 5) is 8.87. The minimum atomic E-state index is -1.54. The summed E-state index contributed by atoms with van der Waals surface area (Å²) in [6, 6.07) is 34.0. The summed E-state index contributed by atoms with van der Waals surface area (Å²) in [5.41, 5.74) is 3.66. The molecule has 4 aromatic carbocycles. The Labute approximate surface area is 245 Å². The molecule has 3 heterocycles. The van der Waals surface area contributed by atoms with E-state index < -0.39 is 11.8 Å². The third-order valence-corrected chi connectivity index (χ3v) is 6.36. The Balaban J connectivity index is 0.000000218. The fourth-order valence-electron chi connectivity index (χ4n) is 4.80. The molecule has 0 saturated carbocycles. The van der Waals surface area contributed by atoms with Gasteiger partial charge in [0.05, 0.1) is 6.26 Å². The van der Waals surface area contributed by atoms with Crippen LogP contribution in [0.25, 0.3) is 54.7 Å². The van der Waals surface area contributed by atoms with Crippen molar-refractivity contribution >= 4 is 43.4 Å². The van der Waals surface area contributed by atoms with Gasteiger partial charge in [-0.15, -0.1) is 65.5 Å². The van der Waals surface area contributed by atoms with Crippen molar-refractivity contribution in [3.05, 3.63) is 121 Å². The molecule has 7 aromatic rings. The molecule has 195 valence electrons. The summed E-state index contributed by atoms with van der Waals surface area (Å²) in [5.74, 6) is 0. The van der Waals surface area contributed by atoms with Crippen LogP contribution in [0, 0.1) is 17.5 Å². The zero-order valence-electron chi connectivity index (χ0n) is 24.0. The van der Waals surface area contributed by atoms with Crippen LogP contribution in [-0.2, 0) is 26.5 Å². The smallest absolute Gasteiger partial charge is 0.134 e. The Morgan fingerprint density at radius 2 is 1.67 bits per heavy atom. The van der Waals surface area contributed by atoms with E-state index in [-0.39, 0.29) is 20.1 Å². The Morgan fingerprint density at radius 1 is 0.821 bits per heavy atom. The quantitative estimate of drug-likeness (QED) is 0.135. The number of fused-ring (bicyclic) bond motifs is 7. The largest absolute Gasteiger partial charge is 0.464 e. The average Bonchev–Trinajstić information content (AvgIpc) is 3.44. The van der Waals surface area contributed by atoms with Crippen LogP contribution in [0.1, 0.15) is 29.1 Å². The van der Waals surface area contributed by atoms with Crippen LogP contribution in [-0.4, -0.2) is 9.97 Å². The van der Waals surface area contributed by atoms with Gasteiger partial charge in [-0.05, 0) is 63.6 Å². The summed E-state index contributed by atoms with van der Waals surface area (Å²) in [5, 5.41) is 5.87. The molecule has 3 nitrogen and oxygen atoms in total. The molecule has 0 aliphatic carbocycles. The summed E-state index contributed by atoms with van der Waals surface area (Å²) in [6.07, 6.45) is 3.64. The molecule has 4 heteroatoms. The van der Waals surface area contributed by atoms with Crippen molar-refractivity contribution in [2.45, 2.75) is 27.1 Å². The Morgan fingerprint density at radius 3 is 2.44 bits per heavy atom. The van der Waals surface area contributed by atoms with E-state index in [2.05, 4.69) is 34.2 Å². The van der Waals surface area contributed by atoms with Gasteiger partial charge in [-0.25, -0.2) is 0 Å². The summed E-state index contributed by atoms with van der Waals surface area (Å²) in [7, 11) is 0. The molecule has 0 aliphatic rings. The molecule has 3 aromatic heterocycles. The van der Waals surface area contributed by atoms with E-state index in [0.717, 1.165) is 54.7 Å². The number of nitrogens with zero attached hydrogens (tertiary/aromatic N) is 2. The first-order valence-electron chi connectivity index (χ1n) is 13.7. The summed E-state index contributed by atoms with van der Waals surface area (Å²) in [6.45, 7) is 5.79. The van der Waals surface area contributed by atoms with Crippen LogP contribution in [0.15, 0.2) is 108 Å². The van der Waals surface area contributed by atoms with E-state index in [4.69, 9.17) is 7.16 Å². The van der Waals surface area contributed by atoms with E-state index in [1.54, 1.807) is 18.7 Å². The van der Waals surface area contributed by atoms with Crippen LogP contribution >= 0.6 is 0 Å². The molecular formula is C35H28IrN2O-2. The van der Waals surface area contributed by atoms with Crippen molar-refractivity contribution in [2.24, 2.45) is 5.41 Å². The Kier molecular flexibility index (Phi) is 6.89. The average molecular weight is 687 g/mol. The molecule has 0 spiro atoms. The fourth-order valence-corrected chi connectivity index (χ4v) is 4.80. The van der Waals surface area contributed by atoms with Crippen LogP contribution in [0.3, 0.4) is 0 Å². The monoisotopic (exact) mass is 687 g/mol. The van der Waals surface area contributed by atoms with Crippen molar-refractivity contribution in [1.82, 2.24) is 9.97 Å². The van der Waals surface area contributed by atoms with Crippen molar-refractivity contribution in [3.8, 4) is 11.3 Å². The maximum absolute atomic E-state index is 8.92. The zero-order valence-corrected chi connectivity index (χ0v) is 24.3. The molecule has 0 aliphatic heterocycles. The zero-order chi connectivity index (χ0) is 27.9. The van der Waals surface area contributed by atoms with Crippen LogP contribution < -0.4 is 0 Å². The topological polar surface area (TPSA) is 38.9 Å². The maximum Gasteiger partial charge on any atom is 0.134 e. The first-order valence-corrected chi connectivity index (χ1v) is 12.7. The van der Waals surface area contributed by atoms with Gasteiger partial charge in [-0.1, -0.05) is 49.7 Å². The van der Waals surface area contributed by atoms with Gasteiger partial charge in [0.25, 0.3) is 0 Å². The minimum absolute atomic E-state index is 0. The molecular weight excluding hydrogens is 657 g/mol. The number of furan rings is 1. The van der Waals surface area contributed by atoms with Gasteiger partial charge in [-0.2, -0.15) is 0 Å². The van der Waals surface area contributed by atoms with E-state index in [0.29, 0.717) is 5.56 Å². The normalized spacial score (nSPS) is 12.5. The maximum atomic E-state index is 8.92. The molecule has 0 bridgehead atoms. The van der Waals surface area contributed by atoms with Crippen LogP contribution in [0.4, 0.5) is 0 Å². The Hall–Kier alpha value is -3.85. The third kappa shape index (κ3) is 5.49. The predicted molar refractivity (Wildman–Crippen MR) is 157 cm³/mol. The summed E-state index contributed by atoms with van der Waals surface area (Å²) < 4.78 is 23.5. The SMILES string of the molecule is [2H]C([2H])(c1ccnc2c3[c-]cccc3c3cc4ccoc4cc3c12)C(C)(C)C.[Ir].[c-]1ccccc1-c1ccccn1. The van der Waals surface area contributed by atoms with Crippen molar-refractivity contribution < 1.29 is 27.3 Å². The van der Waals surface area contributed by atoms with E-state index in [1.165, 1.54) is 0 Å². The van der Waals surface area contributed by atoms with Gasteiger partial charge >= 0.3 is 0 Å². The molecule has 0 N–H and O–H groups in total. The molecule has 1 radical (unpaired) electrons. The van der Waals surface area contributed by atoms with Gasteiger partial charge in [0.15, 0.2) is 0 Å². The van der Waals surface area contributed by atoms with Crippen molar-refractivity contribution in [1.29, 1.82) is 0 Å². The third-order valence-electron chi connectivity index (χ3n) is 6.36. The molecule has 0 atom stereocenters. The second-order valence-corrected chi connectivity index (χ2v) is 10.3. The standard InChI is InChI=1S/C24H20NO.C11H8N.Ir/c1-24(2,3)14-16-8-10-25-23-18-7-5-4-6-17(18)19-12-15-9-11-26-21(15)13-20(19)22(16)23;1-2-6-10(7-3-1)11-8-4-5-9-12-11;/h4-6,8-13H,14H2,1-3H3;1-6,8-9H;/q2*-1;/i14D2;;. The molecule has 7 rings (SSSR count). The van der Waals surface area contributed by atoms with E-state index >= 15 is 0 Å². The first kappa shape index (κ1) is 24.2. The second kappa shape index (κ2) is 11.1. The number of pyridine rings is 2. The van der Waals surface area contributed by atoms with Gasteiger partial charge < -0.3 is 14.4 Å². The van der Waals surface area contributed by atoms with Gasteiger partial charge in [-0.3, -0.25) is 0 Å². The molecule has 0 amide bonds. The molecule has 39 heavy (non-hydrogen) atoms. The number of aromatic nitrogens is 2. The van der Waals surface area contributed by atoms with Crippen molar-refractivity contribution in [3.63, 3.8) is 0 Å². The molecule has 0 unspecified atom stereocenters. The number of rotatable bonds is 2. The van der Waals surface area contributed by atoms with Gasteiger partial charge in [0, 0.05) is 40.6 Å². The van der Waals surface area contributed by atoms with Crippen LogP contribution in [0.2, 0.25) is 0 Å². The van der Waals surface area contributed by atoms with Crippen molar-refractivity contribution in [2.75, 3.05) is 0 Å². The molecule has 0 saturated heterocycles. The Bertz CT molecular complexity index is 1930. The first-order chi connectivity index (χ1) is 19.3. The van der Waals surface area contributed by atoms with Gasteiger partial charge in [0.1, 0.15) is 5.58 Å². The fraction of sp³-hybridized carbons (Fsp3) is 0.143. The molecule has 0 fully saturated rings. The summed E-state index contributed by atoms with van der Waals surface area (Å²) >= 11 is 0. The number of benzene rings is 4. The van der Waals surface area contributed by atoms with E-state index in [9.17, 15) is 0 Å².